The number of rotatable bonds is 8. The van der Waals surface area contributed by atoms with Gasteiger partial charge in [-0.3, -0.25) is 9.58 Å². The molecule has 0 saturated carbocycles. The lowest BCUT2D eigenvalue weighted by Crippen LogP contribution is -2.32. The van der Waals surface area contributed by atoms with E-state index in [2.05, 4.69) is 5.10 Å². The number of halogens is 1. The Morgan fingerprint density at radius 2 is 2.06 bits per heavy atom. The van der Waals surface area contributed by atoms with Crippen molar-refractivity contribution in [2.45, 2.75) is 19.1 Å². The molecule has 2 aromatic carbocycles. The Morgan fingerprint density at radius 3 is 2.75 bits per heavy atom. The molecule has 8 nitrogen and oxygen atoms in total. The van der Waals surface area contributed by atoms with Crippen LogP contribution < -0.4 is 14.4 Å². The molecule has 4 rings (SSSR count). The van der Waals surface area contributed by atoms with Gasteiger partial charge in [-0.1, -0.05) is 11.6 Å². The van der Waals surface area contributed by atoms with Crippen molar-refractivity contribution in [1.82, 2.24) is 9.78 Å². The van der Waals surface area contributed by atoms with Crippen LogP contribution in [0.3, 0.4) is 0 Å². The summed E-state index contributed by atoms with van der Waals surface area (Å²) in [5, 5.41) is 14.6. The van der Waals surface area contributed by atoms with Crippen molar-refractivity contribution in [3.05, 3.63) is 59.8 Å². The second-order valence-electron chi connectivity index (χ2n) is 7.32. The molecule has 1 atom stereocenters. The molecule has 1 amide bonds. The van der Waals surface area contributed by atoms with E-state index in [1.807, 2.05) is 24.3 Å². The van der Waals surface area contributed by atoms with Crippen LogP contribution in [0.1, 0.15) is 6.42 Å². The highest BCUT2D eigenvalue weighted by Crippen LogP contribution is 2.34. The molecule has 1 fully saturated rings. The largest absolute Gasteiger partial charge is 0.493 e. The van der Waals surface area contributed by atoms with Crippen LogP contribution in [0.4, 0.5) is 10.5 Å². The number of carboxylic acid groups (broad SMARTS) is 1. The van der Waals surface area contributed by atoms with Gasteiger partial charge in [-0.15, -0.1) is 0 Å². The summed E-state index contributed by atoms with van der Waals surface area (Å²) in [5.41, 5.74) is 2.29. The van der Waals surface area contributed by atoms with Gasteiger partial charge in [-0.25, -0.2) is 4.79 Å². The number of ether oxygens (including phenoxy) is 3. The number of carbonyl (C=O) groups is 1. The summed E-state index contributed by atoms with van der Waals surface area (Å²) in [6, 6.07) is 14.3. The summed E-state index contributed by atoms with van der Waals surface area (Å²) < 4.78 is 18.7. The molecule has 1 aliphatic rings. The molecule has 2 heterocycles. The number of amides is 1. The van der Waals surface area contributed by atoms with Crippen molar-refractivity contribution in [3.8, 4) is 22.8 Å². The second kappa shape index (κ2) is 9.93. The second-order valence-corrected chi connectivity index (χ2v) is 7.76. The number of anilines is 1. The number of methoxy groups -OCH3 is 1. The third-order valence-corrected chi connectivity index (χ3v) is 5.51. The average molecular weight is 458 g/mol. The van der Waals surface area contributed by atoms with Crippen LogP contribution in [0, 0.1) is 0 Å². The monoisotopic (exact) mass is 457 g/mol. The summed E-state index contributed by atoms with van der Waals surface area (Å²) in [7, 11) is 1.61. The van der Waals surface area contributed by atoms with Gasteiger partial charge in [0.1, 0.15) is 6.10 Å². The first-order valence-electron chi connectivity index (χ1n) is 10.3. The summed E-state index contributed by atoms with van der Waals surface area (Å²) >= 11 is 5.92. The molecule has 168 valence electrons. The van der Waals surface area contributed by atoms with E-state index in [-0.39, 0.29) is 12.6 Å². The minimum absolute atomic E-state index is 0.00689. The molecule has 0 unspecified atom stereocenters. The van der Waals surface area contributed by atoms with E-state index in [0.717, 1.165) is 17.7 Å². The fourth-order valence-corrected chi connectivity index (χ4v) is 3.75. The molecule has 1 N–H and O–H groups in total. The third kappa shape index (κ3) is 4.98. The Balaban J connectivity index is 1.54. The maximum Gasteiger partial charge on any atom is 0.411 e. The van der Waals surface area contributed by atoms with Crippen LogP contribution in [0.5, 0.6) is 11.5 Å². The van der Waals surface area contributed by atoms with Gasteiger partial charge in [-0.05, 0) is 48.5 Å². The Kier molecular flexibility index (Phi) is 6.82. The topological polar surface area (TPSA) is 86.1 Å². The van der Waals surface area contributed by atoms with Gasteiger partial charge < -0.3 is 19.3 Å². The molecule has 3 aromatic rings. The van der Waals surface area contributed by atoms with Crippen molar-refractivity contribution in [2.24, 2.45) is 0 Å². The van der Waals surface area contributed by atoms with Crippen molar-refractivity contribution in [3.63, 3.8) is 0 Å². The molecule has 0 spiro atoms. The molecule has 1 aromatic heterocycles. The first kappa shape index (κ1) is 22.0. The summed E-state index contributed by atoms with van der Waals surface area (Å²) in [5.74, 6) is 1.29. The van der Waals surface area contributed by atoms with Crippen LogP contribution >= 0.6 is 11.6 Å². The van der Waals surface area contributed by atoms with Gasteiger partial charge in [0.25, 0.3) is 0 Å². The van der Waals surface area contributed by atoms with Crippen LogP contribution in [-0.2, 0) is 11.3 Å². The van der Waals surface area contributed by atoms with Gasteiger partial charge in [0.05, 0.1) is 32.6 Å². The van der Waals surface area contributed by atoms with Gasteiger partial charge in [0.15, 0.2) is 11.5 Å². The summed E-state index contributed by atoms with van der Waals surface area (Å²) in [6.07, 6.45) is 1.48. The van der Waals surface area contributed by atoms with Crippen LogP contribution in [0.15, 0.2) is 54.7 Å². The van der Waals surface area contributed by atoms with Crippen LogP contribution in [0.2, 0.25) is 5.02 Å². The van der Waals surface area contributed by atoms with Gasteiger partial charge in [0.2, 0.25) is 0 Å². The van der Waals surface area contributed by atoms with Crippen LogP contribution in [-0.4, -0.2) is 54.0 Å². The van der Waals surface area contributed by atoms with E-state index in [1.54, 1.807) is 42.3 Å². The predicted octanol–water partition coefficient (Wildman–Crippen LogP) is 4.56. The molecule has 32 heavy (non-hydrogen) atoms. The number of aromatic nitrogens is 2. The van der Waals surface area contributed by atoms with E-state index in [4.69, 9.17) is 25.8 Å². The standard InChI is InChI=1S/C23H24ClN3O5/c1-30-21-7-2-16(14-22(21)32-19-9-13-31-15-19)20-8-10-25-27(20)12-11-26(23(28)29)18-5-3-17(24)4-6-18/h2-8,10,14,19H,9,11-13,15H2,1H3,(H,28,29)/t19-/m1/s1. The number of hydrogen-bond donors (Lipinski definition) is 1. The van der Waals surface area contributed by atoms with Crippen molar-refractivity contribution >= 4 is 23.4 Å². The zero-order valence-electron chi connectivity index (χ0n) is 17.6. The fraction of sp³-hybridized carbons (Fsp3) is 0.304. The lowest BCUT2D eigenvalue weighted by molar-refractivity contribution is 0.138. The van der Waals surface area contributed by atoms with E-state index >= 15 is 0 Å². The Labute approximate surface area is 190 Å². The molecular weight excluding hydrogens is 434 g/mol. The number of hydrogen-bond acceptors (Lipinski definition) is 5. The third-order valence-electron chi connectivity index (χ3n) is 5.26. The number of benzene rings is 2. The molecule has 1 aliphatic heterocycles. The molecule has 0 aliphatic carbocycles. The van der Waals surface area contributed by atoms with E-state index in [1.165, 1.54) is 4.90 Å². The summed E-state index contributed by atoms with van der Waals surface area (Å²) in [6.45, 7) is 1.84. The first-order chi connectivity index (χ1) is 15.5. The van der Waals surface area contributed by atoms with Gasteiger partial charge in [-0.2, -0.15) is 5.10 Å². The predicted molar refractivity (Wildman–Crippen MR) is 121 cm³/mol. The fourth-order valence-electron chi connectivity index (χ4n) is 3.62. The quantitative estimate of drug-likeness (QED) is 0.533. The Morgan fingerprint density at radius 1 is 1.25 bits per heavy atom. The smallest absolute Gasteiger partial charge is 0.411 e. The molecule has 0 bridgehead atoms. The molecule has 1 saturated heterocycles. The van der Waals surface area contributed by atoms with Crippen molar-refractivity contribution in [2.75, 3.05) is 31.8 Å². The highest BCUT2D eigenvalue weighted by atomic mass is 35.5. The minimum Gasteiger partial charge on any atom is -0.493 e. The molecular formula is C23H24ClN3O5. The van der Waals surface area contributed by atoms with Gasteiger partial charge >= 0.3 is 6.09 Å². The van der Waals surface area contributed by atoms with E-state index in [9.17, 15) is 9.90 Å². The lowest BCUT2D eigenvalue weighted by Gasteiger charge is -2.20. The zero-order chi connectivity index (χ0) is 22.5. The van der Waals surface area contributed by atoms with Gasteiger partial charge in [0, 0.05) is 35.4 Å². The molecule has 9 heteroatoms. The molecule has 0 radical (unpaired) electrons. The average Bonchev–Trinajstić information content (AvgIpc) is 3.47. The summed E-state index contributed by atoms with van der Waals surface area (Å²) in [4.78, 5) is 13.1. The maximum absolute atomic E-state index is 11.8. The van der Waals surface area contributed by atoms with E-state index in [0.29, 0.717) is 42.0 Å². The van der Waals surface area contributed by atoms with Crippen molar-refractivity contribution < 1.29 is 24.1 Å². The Bertz CT molecular complexity index is 1060. The van der Waals surface area contributed by atoms with E-state index < -0.39 is 6.09 Å². The number of nitrogens with zero attached hydrogens (tertiary/aromatic N) is 3. The zero-order valence-corrected chi connectivity index (χ0v) is 18.4. The maximum atomic E-state index is 11.8. The van der Waals surface area contributed by atoms with Crippen LogP contribution in [0.25, 0.3) is 11.3 Å². The SMILES string of the molecule is COc1ccc(-c2ccnn2CCN(C(=O)O)c2ccc(Cl)cc2)cc1O[C@@H]1CCOC1. The Hall–Kier alpha value is -3.23. The first-order valence-corrected chi connectivity index (χ1v) is 10.6. The highest BCUT2D eigenvalue weighted by molar-refractivity contribution is 6.30. The minimum atomic E-state index is -1.04. The lowest BCUT2D eigenvalue weighted by atomic mass is 10.1. The normalized spacial score (nSPS) is 15.5. The highest BCUT2D eigenvalue weighted by Gasteiger charge is 2.20. The van der Waals surface area contributed by atoms with Crippen molar-refractivity contribution in [1.29, 1.82) is 0 Å².